The monoisotopic (exact) mass is 96.0 g/mol. The average molecular weight is 96.0 g/mol. The summed E-state index contributed by atoms with van der Waals surface area (Å²) in [6.45, 7) is 0. The van der Waals surface area contributed by atoms with Crippen LogP contribution in [0.4, 0.5) is 0 Å². The molecule has 0 fully saturated rings. The predicted molar refractivity (Wildman–Crippen MR) is 12.6 cm³/mol. The maximum atomic E-state index is 4.03. The van der Waals surface area contributed by atoms with Crippen molar-refractivity contribution in [3.05, 3.63) is 0 Å². The topological polar surface area (TPSA) is 52.6 Å². The molecular formula is HO4P. The molecule has 1 aromatic rings. The van der Waals surface area contributed by atoms with Crippen LogP contribution in [0, 0.1) is 0 Å². The molecule has 0 radical (unpaired) electrons. The van der Waals surface area contributed by atoms with Crippen molar-refractivity contribution in [2.24, 2.45) is 0 Å². The van der Waals surface area contributed by atoms with Gasteiger partial charge in [-0.2, -0.15) is 0 Å². The first-order valence-corrected chi connectivity index (χ1v) is 1.72. The van der Waals surface area contributed by atoms with Crippen LogP contribution in [0.15, 0.2) is 18.2 Å². The Hall–Kier alpha value is -0.500. The van der Waals surface area contributed by atoms with Gasteiger partial charge < -0.3 is 0 Å². The molecule has 0 aromatic carbocycles. The van der Waals surface area contributed by atoms with Crippen LogP contribution < -0.4 is 0 Å². The third-order valence-corrected chi connectivity index (χ3v) is 0.436. The van der Waals surface area contributed by atoms with Gasteiger partial charge in [-0.3, -0.25) is 0 Å². The van der Waals surface area contributed by atoms with Crippen LogP contribution in [0.3, 0.4) is 0 Å². The molecular weight excluding hydrogens is 95.0 g/mol. The molecule has 1 aromatic heterocycles. The second-order valence-corrected chi connectivity index (χ2v) is 0.886. The Labute approximate surface area is 28.1 Å². The van der Waals surface area contributed by atoms with Crippen LogP contribution in [-0.2, 0) is 0 Å². The lowest BCUT2D eigenvalue weighted by Gasteiger charge is -1.41. The largest absolute Gasteiger partial charge is 0.311 e. The van der Waals surface area contributed by atoms with E-state index in [-0.39, 0.29) is 8.67 Å². The number of rotatable bonds is 0. The molecule has 30 valence electrons. The van der Waals surface area contributed by atoms with Crippen molar-refractivity contribution in [1.82, 2.24) is 0 Å². The lowest BCUT2D eigenvalue weighted by atomic mass is 14.7. The second-order valence-electron chi connectivity index (χ2n) is 0.386. The molecule has 1 rings (SSSR count). The summed E-state index contributed by atoms with van der Waals surface area (Å²) in [7, 11) is -0.136. The Bertz CT molecular complexity index is 60.1. The molecule has 5 heavy (non-hydrogen) atoms. The summed E-state index contributed by atoms with van der Waals surface area (Å²) in [6.07, 6.45) is 0. The molecule has 0 saturated carbocycles. The lowest BCUT2D eigenvalue weighted by molar-refractivity contribution is -0.241. The highest BCUT2D eigenvalue weighted by Crippen LogP contribution is 1.99. The fourth-order valence-electron chi connectivity index (χ4n) is 0.0694. The van der Waals surface area contributed by atoms with Crippen molar-refractivity contribution in [3.8, 4) is 0 Å². The summed E-state index contributed by atoms with van der Waals surface area (Å²) in [4.78, 5) is 0. The zero-order valence-electron chi connectivity index (χ0n) is 2.13. The van der Waals surface area contributed by atoms with E-state index in [1.807, 2.05) is 0 Å². The van der Waals surface area contributed by atoms with Gasteiger partial charge in [0.2, 0.25) is 0 Å². The molecule has 0 spiro atoms. The molecule has 0 aliphatic heterocycles. The zero-order chi connectivity index (χ0) is 3.54. The van der Waals surface area contributed by atoms with E-state index in [2.05, 4.69) is 18.2 Å². The van der Waals surface area contributed by atoms with Crippen LogP contribution in [-0.4, -0.2) is 0 Å². The normalized spacial score (nSPS) is 8.00. The van der Waals surface area contributed by atoms with Gasteiger partial charge in [-0.25, -0.2) is 8.71 Å². The minimum Gasteiger partial charge on any atom is -0.205 e. The third-order valence-electron chi connectivity index (χ3n) is 0.164. The van der Waals surface area contributed by atoms with E-state index >= 15 is 0 Å². The maximum Gasteiger partial charge on any atom is 0.311 e. The Morgan fingerprint density at radius 3 is 1.80 bits per heavy atom. The van der Waals surface area contributed by atoms with Gasteiger partial charge in [0, 0.05) is 0 Å². The molecule has 0 saturated heterocycles. The van der Waals surface area contributed by atoms with E-state index in [9.17, 15) is 0 Å². The molecule has 0 bridgehead atoms. The minimum absolute atomic E-state index is 0.136. The summed E-state index contributed by atoms with van der Waals surface area (Å²) in [6, 6.07) is 0. The van der Waals surface area contributed by atoms with E-state index in [0.29, 0.717) is 0 Å². The van der Waals surface area contributed by atoms with Gasteiger partial charge in [-0.1, -0.05) is 0 Å². The van der Waals surface area contributed by atoms with E-state index < -0.39 is 0 Å². The van der Waals surface area contributed by atoms with Gasteiger partial charge in [0.1, 0.15) is 0 Å². The van der Waals surface area contributed by atoms with Gasteiger partial charge in [-0.15, -0.1) is 0 Å². The summed E-state index contributed by atoms with van der Waals surface area (Å²) >= 11 is 0. The second kappa shape index (κ2) is 1.08. The van der Waals surface area contributed by atoms with E-state index in [1.165, 1.54) is 0 Å². The van der Waals surface area contributed by atoms with E-state index in [4.69, 9.17) is 0 Å². The Morgan fingerprint density at radius 1 is 1.00 bits per heavy atom. The molecule has 0 amide bonds. The summed E-state index contributed by atoms with van der Waals surface area (Å²) < 4.78 is 15.5. The first-order valence-electron chi connectivity index (χ1n) is 0.908. The Kier molecular flexibility index (Phi) is 0.588. The Balaban J connectivity index is 3.13. The van der Waals surface area contributed by atoms with Crippen molar-refractivity contribution < 1.29 is 18.2 Å². The highest BCUT2D eigenvalue weighted by atomic mass is 31.1. The molecule has 4 nitrogen and oxygen atoms in total. The van der Waals surface area contributed by atoms with Crippen LogP contribution >= 0.6 is 8.67 Å². The van der Waals surface area contributed by atoms with Crippen molar-refractivity contribution in [2.45, 2.75) is 0 Å². The van der Waals surface area contributed by atoms with Crippen LogP contribution in [0.5, 0.6) is 0 Å². The summed E-state index contributed by atoms with van der Waals surface area (Å²) in [5.41, 5.74) is 0. The van der Waals surface area contributed by atoms with E-state index in [0.717, 1.165) is 0 Å². The highest BCUT2D eigenvalue weighted by molar-refractivity contribution is 7.14. The first kappa shape index (κ1) is 2.72. The molecule has 0 N–H and O–H groups in total. The fraction of sp³-hybridized carbons (Fsp3) is 0. The van der Waals surface area contributed by atoms with Crippen molar-refractivity contribution in [1.29, 1.82) is 0 Å². The lowest BCUT2D eigenvalue weighted by Crippen LogP contribution is -1.17. The minimum atomic E-state index is -0.136. The van der Waals surface area contributed by atoms with E-state index in [1.54, 1.807) is 0 Å². The van der Waals surface area contributed by atoms with Gasteiger partial charge in [0.15, 0.2) is 0 Å². The van der Waals surface area contributed by atoms with Crippen LogP contribution in [0.25, 0.3) is 0 Å². The van der Waals surface area contributed by atoms with Crippen LogP contribution in [0.1, 0.15) is 0 Å². The molecule has 5 heteroatoms. The van der Waals surface area contributed by atoms with Crippen molar-refractivity contribution in [3.63, 3.8) is 0 Å². The summed E-state index contributed by atoms with van der Waals surface area (Å²) in [5, 5.41) is 0. The van der Waals surface area contributed by atoms with Crippen LogP contribution in [0.2, 0.25) is 0 Å². The predicted octanol–water partition coefficient (Wildman–Crippen LogP) is 1.21. The maximum absolute atomic E-state index is 4.03. The average Bonchev–Trinajstić information content (AvgIpc) is 1.76. The molecule has 0 atom stereocenters. The van der Waals surface area contributed by atoms with Gasteiger partial charge in [-0.05, 0) is 9.47 Å². The molecule has 1 heterocycles. The van der Waals surface area contributed by atoms with Crippen molar-refractivity contribution in [2.75, 3.05) is 0 Å². The SMILES string of the molecule is o1oo[pH]o1. The van der Waals surface area contributed by atoms with Crippen molar-refractivity contribution >= 4 is 8.67 Å². The molecule has 0 unspecified atom stereocenters. The summed E-state index contributed by atoms with van der Waals surface area (Å²) in [5.74, 6) is 0. The first-order chi connectivity index (χ1) is 2.50. The number of hydrogen-bond acceptors (Lipinski definition) is 4. The number of hydrogen-bond donors (Lipinski definition) is 0. The Morgan fingerprint density at radius 2 is 1.60 bits per heavy atom. The standard InChI is InChI=1S/HO4P/c1-2-4-5-3-1/h5H. The third kappa shape index (κ3) is 0.389. The molecule has 0 aliphatic carbocycles. The molecule has 0 aliphatic rings. The van der Waals surface area contributed by atoms with Gasteiger partial charge in [0.25, 0.3) is 0 Å². The van der Waals surface area contributed by atoms with Gasteiger partial charge >= 0.3 is 8.67 Å². The highest BCUT2D eigenvalue weighted by Gasteiger charge is 1.62. The smallest absolute Gasteiger partial charge is 0.205 e. The quantitative estimate of drug-likeness (QED) is 0.455. The van der Waals surface area contributed by atoms with Gasteiger partial charge in [0.05, 0.1) is 0 Å². The zero-order valence-corrected chi connectivity index (χ0v) is 3.13. The fourth-order valence-corrected chi connectivity index (χ4v) is 0.208.